The van der Waals surface area contributed by atoms with E-state index in [9.17, 15) is 4.79 Å². The van der Waals surface area contributed by atoms with Gasteiger partial charge in [0.15, 0.2) is 22.5 Å². The molecule has 7 heteroatoms. The van der Waals surface area contributed by atoms with Gasteiger partial charge in [0.05, 0.1) is 31.7 Å². The zero-order valence-electron chi connectivity index (χ0n) is 15.8. The summed E-state index contributed by atoms with van der Waals surface area (Å²) in [4.78, 5) is 12.7. The summed E-state index contributed by atoms with van der Waals surface area (Å²) >= 11 is 12.2. The molecule has 0 aliphatic carbocycles. The summed E-state index contributed by atoms with van der Waals surface area (Å²) in [5.74, 6) is 1.95. The van der Waals surface area contributed by atoms with Crippen LogP contribution in [0.15, 0.2) is 33.5 Å². The van der Waals surface area contributed by atoms with E-state index in [4.69, 9.17) is 41.8 Å². The first-order valence-corrected chi connectivity index (χ1v) is 9.05. The molecule has 1 heterocycles. The van der Waals surface area contributed by atoms with Gasteiger partial charge in [-0.2, -0.15) is 0 Å². The van der Waals surface area contributed by atoms with E-state index in [0.29, 0.717) is 44.6 Å². The van der Waals surface area contributed by atoms with Crippen LogP contribution >= 0.6 is 23.2 Å². The molecule has 0 amide bonds. The molecule has 0 saturated carbocycles. The van der Waals surface area contributed by atoms with Crippen LogP contribution in [0.25, 0.3) is 23.1 Å². The van der Waals surface area contributed by atoms with Crippen LogP contribution in [0.4, 0.5) is 0 Å². The summed E-state index contributed by atoms with van der Waals surface area (Å²) in [6, 6.07) is 6.67. The number of benzene rings is 2. The van der Waals surface area contributed by atoms with Crippen LogP contribution in [0.1, 0.15) is 16.9 Å². The van der Waals surface area contributed by atoms with Gasteiger partial charge < -0.3 is 18.6 Å². The first-order valence-electron chi connectivity index (χ1n) is 8.30. The molecule has 2 aromatic carbocycles. The van der Waals surface area contributed by atoms with Gasteiger partial charge in [0, 0.05) is 10.6 Å². The van der Waals surface area contributed by atoms with Crippen LogP contribution in [-0.4, -0.2) is 21.3 Å². The molecule has 0 aliphatic rings. The Labute approximate surface area is 172 Å². The van der Waals surface area contributed by atoms with Gasteiger partial charge in [-0.15, -0.1) is 0 Å². The van der Waals surface area contributed by atoms with Crippen molar-refractivity contribution in [2.24, 2.45) is 0 Å². The zero-order valence-corrected chi connectivity index (χ0v) is 17.3. The summed E-state index contributed by atoms with van der Waals surface area (Å²) in [6.45, 7) is 1.69. The van der Waals surface area contributed by atoms with Crippen molar-refractivity contribution in [2.45, 2.75) is 6.92 Å². The smallest absolute Gasteiger partial charge is 0.203 e. The number of ether oxygens (including phenoxy) is 3. The van der Waals surface area contributed by atoms with Crippen LogP contribution in [0.3, 0.4) is 0 Å². The Bertz CT molecular complexity index is 1110. The molecule has 146 valence electrons. The van der Waals surface area contributed by atoms with Gasteiger partial charge in [0.25, 0.3) is 0 Å². The number of halogens is 2. The summed E-state index contributed by atoms with van der Waals surface area (Å²) in [6.07, 6.45) is 3.48. The van der Waals surface area contributed by atoms with Gasteiger partial charge >= 0.3 is 0 Å². The van der Waals surface area contributed by atoms with Crippen molar-refractivity contribution in [3.05, 3.63) is 61.4 Å². The Balaban J connectivity index is 2.11. The van der Waals surface area contributed by atoms with Crippen molar-refractivity contribution < 1.29 is 18.6 Å². The first kappa shape index (κ1) is 20.1. The summed E-state index contributed by atoms with van der Waals surface area (Å²) in [5, 5.41) is 1.01. The molecule has 0 atom stereocenters. The van der Waals surface area contributed by atoms with Crippen LogP contribution in [0.5, 0.6) is 17.2 Å². The van der Waals surface area contributed by atoms with E-state index in [1.54, 1.807) is 58.6 Å². The second-order valence-electron chi connectivity index (χ2n) is 5.98. The van der Waals surface area contributed by atoms with E-state index in [1.807, 2.05) is 0 Å². The predicted molar refractivity (Wildman–Crippen MR) is 112 cm³/mol. The quantitative estimate of drug-likeness (QED) is 0.537. The standard InChI is InChI=1S/C21H18Cl2O5/c1-11-16(28-20-14(19(11)24)9-13(22)10-15(20)23)6-5-12-7-17(25-2)21(27-4)18(8-12)26-3/h5-10H,1-4H3. The Kier molecular flexibility index (Phi) is 5.87. The molecule has 0 bridgehead atoms. The number of hydrogen-bond donors (Lipinski definition) is 0. The number of methoxy groups -OCH3 is 3. The van der Waals surface area contributed by atoms with Gasteiger partial charge in [-0.3, -0.25) is 4.79 Å². The molecular formula is C21H18Cl2O5. The molecule has 0 radical (unpaired) electrons. The molecule has 0 aliphatic heterocycles. The molecule has 0 unspecified atom stereocenters. The molecular weight excluding hydrogens is 403 g/mol. The van der Waals surface area contributed by atoms with Crippen LogP contribution in [0.2, 0.25) is 10.0 Å². The maximum atomic E-state index is 12.7. The van der Waals surface area contributed by atoms with Gasteiger partial charge in [0.2, 0.25) is 5.75 Å². The average Bonchev–Trinajstić information content (AvgIpc) is 2.69. The Morgan fingerprint density at radius 2 is 1.57 bits per heavy atom. The van der Waals surface area contributed by atoms with Crippen LogP contribution in [-0.2, 0) is 0 Å². The topological polar surface area (TPSA) is 57.9 Å². The third-order valence-electron chi connectivity index (χ3n) is 4.29. The predicted octanol–water partition coefficient (Wildman–Crippen LogP) is 5.60. The largest absolute Gasteiger partial charge is 0.493 e. The van der Waals surface area contributed by atoms with Crippen LogP contribution < -0.4 is 19.6 Å². The fraction of sp³-hybridized carbons (Fsp3) is 0.190. The average molecular weight is 421 g/mol. The molecule has 1 aromatic heterocycles. The van der Waals surface area contributed by atoms with E-state index >= 15 is 0 Å². The molecule has 28 heavy (non-hydrogen) atoms. The Hall–Kier alpha value is -2.63. The summed E-state index contributed by atoms with van der Waals surface area (Å²) < 4.78 is 21.9. The highest BCUT2D eigenvalue weighted by molar-refractivity contribution is 6.38. The van der Waals surface area contributed by atoms with E-state index < -0.39 is 0 Å². The fourth-order valence-corrected chi connectivity index (χ4v) is 3.39. The highest BCUT2D eigenvalue weighted by atomic mass is 35.5. The Morgan fingerprint density at radius 1 is 0.929 bits per heavy atom. The molecule has 3 rings (SSSR count). The van der Waals surface area contributed by atoms with E-state index in [2.05, 4.69) is 0 Å². The zero-order chi connectivity index (χ0) is 20.4. The van der Waals surface area contributed by atoms with Crippen LogP contribution in [0, 0.1) is 6.92 Å². The molecule has 0 saturated heterocycles. The van der Waals surface area contributed by atoms with Crippen molar-refractivity contribution in [1.29, 1.82) is 0 Å². The number of rotatable bonds is 5. The van der Waals surface area contributed by atoms with Crippen molar-refractivity contribution in [1.82, 2.24) is 0 Å². The number of fused-ring (bicyclic) bond motifs is 1. The third kappa shape index (κ3) is 3.68. The molecule has 3 aromatic rings. The lowest BCUT2D eigenvalue weighted by Crippen LogP contribution is -2.07. The second-order valence-corrected chi connectivity index (χ2v) is 6.82. The van der Waals surface area contributed by atoms with Gasteiger partial charge in [-0.05, 0) is 42.8 Å². The lowest BCUT2D eigenvalue weighted by molar-refractivity contribution is 0.324. The monoisotopic (exact) mass is 420 g/mol. The minimum absolute atomic E-state index is 0.185. The summed E-state index contributed by atoms with van der Waals surface area (Å²) in [5.41, 5.74) is 1.34. The first-order chi connectivity index (χ1) is 13.4. The van der Waals surface area contributed by atoms with E-state index in [1.165, 1.54) is 6.07 Å². The third-order valence-corrected chi connectivity index (χ3v) is 4.79. The van der Waals surface area contributed by atoms with Gasteiger partial charge in [-0.1, -0.05) is 29.3 Å². The lowest BCUT2D eigenvalue weighted by atomic mass is 10.1. The van der Waals surface area contributed by atoms with Crippen molar-refractivity contribution >= 4 is 46.3 Å². The molecule has 0 fully saturated rings. The maximum absolute atomic E-state index is 12.7. The highest BCUT2D eigenvalue weighted by Crippen LogP contribution is 2.38. The Morgan fingerprint density at radius 3 is 2.14 bits per heavy atom. The van der Waals surface area contributed by atoms with E-state index in [-0.39, 0.29) is 10.5 Å². The van der Waals surface area contributed by atoms with Crippen molar-refractivity contribution in [3.8, 4) is 17.2 Å². The molecule has 0 N–H and O–H groups in total. The maximum Gasteiger partial charge on any atom is 0.203 e. The van der Waals surface area contributed by atoms with Crippen molar-refractivity contribution in [2.75, 3.05) is 21.3 Å². The van der Waals surface area contributed by atoms with Gasteiger partial charge in [0.1, 0.15) is 5.76 Å². The second kappa shape index (κ2) is 8.17. The van der Waals surface area contributed by atoms with Crippen molar-refractivity contribution in [3.63, 3.8) is 0 Å². The SMILES string of the molecule is COc1cc(C=Cc2oc3c(Cl)cc(Cl)cc3c(=O)c2C)cc(OC)c1OC. The van der Waals surface area contributed by atoms with E-state index in [0.717, 1.165) is 5.56 Å². The minimum Gasteiger partial charge on any atom is -0.493 e. The minimum atomic E-state index is -0.185. The molecule has 5 nitrogen and oxygen atoms in total. The highest BCUT2D eigenvalue weighted by Gasteiger charge is 2.14. The van der Waals surface area contributed by atoms with Gasteiger partial charge in [-0.25, -0.2) is 0 Å². The normalized spacial score (nSPS) is 11.2. The summed E-state index contributed by atoms with van der Waals surface area (Å²) in [7, 11) is 4.63. The lowest BCUT2D eigenvalue weighted by Gasteiger charge is -2.12. The fourth-order valence-electron chi connectivity index (χ4n) is 2.86. The molecule has 0 spiro atoms. The number of hydrogen-bond acceptors (Lipinski definition) is 5.